The van der Waals surface area contributed by atoms with Crippen LogP contribution in [0.25, 0.3) is 0 Å². The van der Waals surface area contributed by atoms with Crippen LogP contribution in [0.2, 0.25) is 0 Å². The second-order valence-electron chi connectivity index (χ2n) is 10.1. The smallest absolute Gasteiger partial charge is 0.0143 e. The van der Waals surface area contributed by atoms with Gasteiger partial charge >= 0.3 is 0 Å². The Balaban J connectivity index is 1.99. The Morgan fingerprint density at radius 2 is 1.84 bits per heavy atom. The fourth-order valence-corrected chi connectivity index (χ4v) is 6.03. The van der Waals surface area contributed by atoms with Crippen molar-refractivity contribution in [2.45, 2.75) is 86.5 Å². The molecule has 2 saturated carbocycles. The zero-order chi connectivity index (χ0) is 18.2. The van der Waals surface area contributed by atoms with Gasteiger partial charge in [-0.25, -0.2) is 0 Å². The summed E-state index contributed by atoms with van der Waals surface area (Å²) >= 11 is 0. The molecule has 3 rings (SSSR count). The van der Waals surface area contributed by atoms with Gasteiger partial charge in [0.2, 0.25) is 0 Å². The molecule has 0 bridgehead atoms. The summed E-state index contributed by atoms with van der Waals surface area (Å²) in [5.41, 5.74) is 5.46. The van der Waals surface area contributed by atoms with E-state index in [4.69, 9.17) is 0 Å². The molecule has 0 heterocycles. The van der Waals surface area contributed by atoms with Crippen LogP contribution in [0, 0.1) is 35.0 Å². The van der Waals surface area contributed by atoms with Crippen LogP contribution in [-0.2, 0) is 0 Å². The minimum Gasteiger partial charge on any atom is -0.0850 e. The molecule has 0 radical (unpaired) electrons. The first-order valence-electron chi connectivity index (χ1n) is 10.9. The first kappa shape index (κ1) is 19.0. The zero-order valence-corrected chi connectivity index (χ0v) is 17.6. The van der Waals surface area contributed by atoms with Gasteiger partial charge in [-0.05, 0) is 93.8 Å². The molecule has 2 fully saturated rings. The monoisotopic (exact) mass is 340 g/mol. The summed E-state index contributed by atoms with van der Waals surface area (Å²) in [5.74, 6) is 4.08. The van der Waals surface area contributed by atoms with Gasteiger partial charge in [0.15, 0.2) is 0 Å². The van der Waals surface area contributed by atoms with Crippen LogP contribution in [0.3, 0.4) is 0 Å². The van der Waals surface area contributed by atoms with E-state index in [1.807, 2.05) is 0 Å². The van der Waals surface area contributed by atoms with E-state index >= 15 is 0 Å². The topological polar surface area (TPSA) is 0 Å². The Kier molecular flexibility index (Phi) is 5.66. The number of hydrogen-bond acceptors (Lipinski definition) is 0. The Bertz CT molecular complexity index is 573. The van der Waals surface area contributed by atoms with Crippen molar-refractivity contribution < 1.29 is 0 Å². The summed E-state index contributed by atoms with van der Waals surface area (Å²) < 4.78 is 0. The maximum absolute atomic E-state index is 2.63. The van der Waals surface area contributed by atoms with Crippen molar-refractivity contribution >= 4 is 0 Å². The van der Waals surface area contributed by atoms with Gasteiger partial charge in [0.05, 0.1) is 0 Å². The summed E-state index contributed by atoms with van der Waals surface area (Å²) in [5, 5.41) is 0. The minimum absolute atomic E-state index is 0.458. The van der Waals surface area contributed by atoms with Crippen molar-refractivity contribution in [3.63, 3.8) is 0 Å². The van der Waals surface area contributed by atoms with Crippen molar-refractivity contribution in [1.29, 1.82) is 0 Å². The lowest BCUT2D eigenvalue weighted by Gasteiger charge is -2.33. The third kappa shape index (κ3) is 3.83. The highest BCUT2D eigenvalue weighted by molar-refractivity contribution is 5.30. The van der Waals surface area contributed by atoms with Crippen LogP contribution >= 0.6 is 0 Å². The van der Waals surface area contributed by atoms with Crippen LogP contribution in [-0.4, -0.2) is 0 Å². The Morgan fingerprint density at radius 3 is 2.56 bits per heavy atom. The van der Waals surface area contributed by atoms with Crippen molar-refractivity contribution in [2.24, 2.45) is 35.0 Å². The fraction of sp³-hybridized carbons (Fsp3) is 0.760. The molecular formula is C25H40. The number of rotatable bonds is 1. The first-order valence-corrected chi connectivity index (χ1v) is 10.9. The lowest BCUT2D eigenvalue weighted by Crippen LogP contribution is -2.25. The van der Waals surface area contributed by atoms with Crippen LogP contribution < -0.4 is 0 Å². The molecule has 0 unspecified atom stereocenters. The average molecular weight is 341 g/mol. The molecule has 0 spiro atoms. The van der Waals surface area contributed by atoms with E-state index in [-0.39, 0.29) is 0 Å². The van der Waals surface area contributed by atoms with Gasteiger partial charge in [-0.3, -0.25) is 0 Å². The summed E-state index contributed by atoms with van der Waals surface area (Å²) in [6, 6.07) is 0. The Labute approximate surface area is 156 Å². The molecule has 3 aliphatic rings. The number of hydrogen-bond donors (Lipinski definition) is 0. The van der Waals surface area contributed by atoms with E-state index in [1.165, 1.54) is 44.9 Å². The van der Waals surface area contributed by atoms with Crippen LogP contribution in [0.5, 0.6) is 0 Å². The SMILES string of the molecule is C/C1=C/C[C@@]2(C)CC[C@H](C(C)C)[C@@H]2/C=C\C(C)=C2\CC[C@@H](C)[C@H]2CC1. The standard InChI is InChI=1S/C25H40/c1-17(2)21-14-16-25(6)15-13-18(3)7-10-22-19(4)8-11-23(22)20(5)9-12-24(21)25/h9,12-13,17,19,21-22,24H,7-8,10-11,14-16H2,1-6H3/b12-9-,18-13-,23-20-/t19-,21-,22-,24+,25+/m1/s1. The van der Waals surface area contributed by atoms with Crippen LogP contribution in [0.1, 0.15) is 86.5 Å². The number of fused-ring (bicyclic) bond motifs is 2. The average Bonchev–Trinajstić information content (AvgIpc) is 3.09. The van der Waals surface area contributed by atoms with Crippen molar-refractivity contribution in [3.8, 4) is 0 Å². The zero-order valence-electron chi connectivity index (χ0n) is 17.6. The van der Waals surface area contributed by atoms with Gasteiger partial charge in [0.25, 0.3) is 0 Å². The summed E-state index contributed by atoms with van der Waals surface area (Å²) in [4.78, 5) is 0. The van der Waals surface area contributed by atoms with E-state index in [0.717, 1.165) is 29.6 Å². The second kappa shape index (κ2) is 7.45. The molecule has 0 aliphatic heterocycles. The molecule has 5 atom stereocenters. The van der Waals surface area contributed by atoms with Crippen LogP contribution in [0.4, 0.5) is 0 Å². The molecule has 3 aliphatic carbocycles. The third-order valence-corrected chi connectivity index (χ3v) is 8.00. The highest BCUT2D eigenvalue weighted by Gasteiger charge is 2.44. The molecule has 0 aromatic rings. The van der Waals surface area contributed by atoms with Crippen LogP contribution in [0.15, 0.2) is 34.9 Å². The molecule has 0 saturated heterocycles. The molecule has 0 aromatic carbocycles. The van der Waals surface area contributed by atoms with E-state index in [2.05, 4.69) is 59.8 Å². The molecule has 0 amide bonds. The largest absolute Gasteiger partial charge is 0.0850 e. The third-order valence-electron chi connectivity index (χ3n) is 8.00. The summed E-state index contributed by atoms with van der Waals surface area (Å²) in [7, 11) is 0. The lowest BCUT2D eigenvalue weighted by atomic mass is 9.71. The van der Waals surface area contributed by atoms with Gasteiger partial charge in [-0.1, -0.05) is 62.6 Å². The predicted octanol–water partition coefficient (Wildman–Crippen LogP) is 7.72. The molecule has 25 heavy (non-hydrogen) atoms. The second-order valence-corrected chi connectivity index (χ2v) is 10.1. The summed E-state index contributed by atoms with van der Waals surface area (Å²) in [6.45, 7) is 14.7. The fourth-order valence-electron chi connectivity index (χ4n) is 6.03. The van der Waals surface area contributed by atoms with Gasteiger partial charge < -0.3 is 0 Å². The molecule has 140 valence electrons. The van der Waals surface area contributed by atoms with Crippen molar-refractivity contribution in [1.82, 2.24) is 0 Å². The molecule has 0 N–H and O–H groups in total. The summed E-state index contributed by atoms with van der Waals surface area (Å²) in [6.07, 6.45) is 17.2. The molecule has 0 aromatic heterocycles. The van der Waals surface area contributed by atoms with E-state index in [0.29, 0.717) is 5.41 Å². The van der Waals surface area contributed by atoms with E-state index in [1.54, 1.807) is 16.7 Å². The lowest BCUT2D eigenvalue weighted by molar-refractivity contribution is 0.215. The van der Waals surface area contributed by atoms with Gasteiger partial charge in [0, 0.05) is 0 Å². The van der Waals surface area contributed by atoms with Gasteiger partial charge in [-0.2, -0.15) is 0 Å². The van der Waals surface area contributed by atoms with E-state index < -0.39 is 0 Å². The maximum Gasteiger partial charge on any atom is -0.0143 e. The predicted molar refractivity (Wildman–Crippen MR) is 110 cm³/mol. The maximum atomic E-state index is 2.63. The number of allylic oxidation sites excluding steroid dienone is 6. The first-order chi connectivity index (χ1) is 11.8. The molecule has 0 nitrogen and oxygen atoms in total. The van der Waals surface area contributed by atoms with E-state index in [9.17, 15) is 0 Å². The Hall–Kier alpha value is -0.780. The van der Waals surface area contributed by atoms with Gasteiger partial charge in [0.1, 0.15) is 0 Å². The highest BCUT2D eigenvalue weighted by atomic mass is 14.5. The highest BCUT2D eigenvalue weighted by Crippen LogP contribution is 2.53. The minimum atomic E-state index is 0.458. The van der Waals surface area contributed by atoms with Gasteiger partial charge in [-0.15, -0.1) is 0 Å². The normalized spacial score (nSPS) is 46.0. The molecular weight excluding hydrogens is 300 g/mol. The van der Waals surface area contributed by atoms with Crippen molar-refractivity contribution in [3.05, 3.63) is 34.9 Å². The Morgan fingerprint density at radius 1 is 1.08 bits per heavy atom. The quantitative estimate of drug-likeness (QED) is 0.428. The van der Waals surface area contributed by atoms with Crippen molar-refractivity contribution in [2.75, 3.05) is 0 Å². The molecule has 0 heteroatoms.